The molecule has 0 bridgehead atoms. The Morgan fingerprint density at radius 1 is 1.05 bits per heavy atom. The van der Waals surface area contributed by atoms with E-state index in [0.29, 0.717) is 10.2 Å². The van der Waals surface area contributed by atoms with Crippen LogP contribution in [0.3, 0.4) is 0 Å². The molecule has 4 N–H and O–H groups in total. The summed E-state index contributed by atoms with van der Waals surface area (Å²) in [6.45, 7) is 4.00. The first-order chi connectivity index (χ1) is 9.01. The second-order valence-electron chi connectivity index (χ2n) is 4.06. The van der Waals surface area contributed by atoms with Crippen molar-refractivity contribution in [1.82, 2.24) is 16.2 Å². The summed E-state index contributed by atoms with van der Waals surface area (Å²) >= 11 is 10.2. The van der Waals surface area contributed by atoms with E-state index in [0.717, 1.165) is 11.4 Å². The number of ether oxygens (including phenoxy) is 1. The molecule has 0 aliphatic heterocycles. The Labute approximate surface area is 124 Å². The van der Waals surface area contributed by atoms with E-state index in [4.69, 9.17) is 29.2 Å². The van der Waals surface area contributed by atoms with Crippen molar-refractivity contribution in [2.24, 2.45) is 0 Å². The van der Waals surface area contributed by atoms with Crippen molar-refractivity contribution in [3.05, 3.63) is 24.3 Å². The largest absolute Gasteiger partial charge is 0.497 e. The van der Waals surface area contributed by atoms with Gasteiger partial charge in [0.15, 0.2) is 10.2 Å². The molecule has 7 heteroatoms. The van der Waals surface area contributed by atoms with Crippen LogP contribution in [0.25, 0.3) is 0 Å². The van der Waals surface area contributed by atoms with Crippen molar-refractivity contribution in [3.8, 4) is 5.75 Å². The van der Waals surface area contributed by atoms with E-state index < -0.39 is 0 Å². The SMILES string of the molecule is COc1ccc(NC(=S)NNC(=S)NC(C)C)cc1. The molecular weight excluding hydrogens is 280 g/mol. The summed E-state index contributed by atoms with van der Waals surface area (Å²) < 4.78 is 5.08. The third-order valence-electron chi connectivity index (χ3n) is 2.06. The lowest BCUT2D eigenvalue weighted by Crippen LogP contribution is -2.49. The van der Waals surface area contributed by atoms with Crippen molar-refractivity contribution in [2.75, 3.05) is 12.4 Å². The van der Waals surface area contributed by atoms with E-state index >= 15 is 0 Å². The Kier molecular flexibility index (Phi) is 6.31. The lowest BCUT2D eigenvalue weighted by atomic mass is 10.3. The molecule has 0 aliphatic rings. The number of thiocarbonyl (C=S) groups is 2. The number of hydrazine groups is 1. The van der Waals surface area contributed by atoms with Crippen LogP contribution in [0.4, 0.5) is 5.69 Å². The molecule has 0 aliphatic carbocycles. The standard InChI is InChI=1S/C12H18N4OS2/c1-8(2)13-11(18)15-16-12(19)14-9-4-6-10(17-3)7-5-9/h4-8H,1-3H3,(H2,13,15,18)(H2,14,16,19). The molecule has 0 spiro atoms. The summed E-state index contributed by atoms with van der Waals surface area (Å²) in [6.07, 6.45) is 0. The van der Waals surface area contributed by atoms with Crippen molar-refractivity contribution < 1.29 is 4.74 Å². The molecule has 0 aromatic heterocycles. The molecule has 19 heavy (non-hydrogen) atoms. The van der Waals surface area contributed by atoms with Crippen LogP contribution in [0.1, 0.15) is 13.8 Å². The molecule has 0 radical (unpaired) electrons. The molecule has 104 valence electrons. The van der Waals surface area contributed by atoms with Crippen LogP contribution in [0.15, 0.2) is 24.3 Å². The summed E-state index contributed by atoms with van der Waals surface area (Å²) in [5.74, 6) is 0.796. The molecular formula is C12H18N4OS2. The fraction of sp³-hybridized carbons (Fsp3) is 0.333. The maximum absolute atomic E-state index is 5.13. The van der Waals surface area contributed by atoms with Gasteiger partial charge in [-0.05, 0) is 62.5 Å². The molecule has 0 heterocycles. The van der Waals surface area contributed by atoms with Gasteiger partial charge in [-0.1, -0.05) is 0 Å². The lowest BCUT2D eigenvalue weighted by molar-refractivity contribution is 0.415. The molecule has 5 nitrogen and oxygen atoms in total. The minimum atomic E-state index is 0.268. The molecule has 0 atom stereocenters. The summed E-state index contributed by atoms with van der Waals surface area (Å²) in [6, 6.07) is 7.71. The first-order valence-electron chi connectivity index (χ1n) is 5.79. The highest BCUT2D eigenvalue weighted by molar-refractivity contribution is 7.80. The van der Waals surface area contributed by atoms with Gasteiger partial charge in [0.1, 0.15) is 5.75 Å². The fourth-order valence-electron chi connectivity index (χ4n) is 1.25. The first-order valence-corrected chi connectivity index (χ1v) is 6.60. The van der Waals surface area contributed by atoms with E-state index in [1.807, 2.05) is 38.1 Å². The highest BCUT2D eigenvalue weighted by Crippen LogP contribution is 2.14. The number of methoxy groups -OCH3 is 1. The Hall–Kier alpha value is -1.60. The fourth-order valence-corrected chi connectivity index (χ4v) is 1.70. The van der Waals surface area contributed by atoms with Crippen LogP contribution in [0, 0.1) is 0 Å². The van der Waals surface area contributed by atoms with E-state index in [-0.39, 0.29) is 6.04 Å². The highest BCUT2D eigenvalue weighted by Gasteiger charge is 2.00. The van der Waals surface area contributed by atoms with E-state index in [1.165, 1.54) is 0 Å². The number of rotatable bonds is 3. The molecule has 1 rings (SSSR count). The van der Waals surface area contributed by atoms with Gasteiger partial charge in [0, 0.05) is 11.7 Å². The Morgan fingerprint density at radius 3 is 2.16 bits per heavy atom. The normalized spacial score (nSPS) is 9.68. The summed E-state index contributed by atoms with van der Waals surface area (Å²) in [7, 11) is 1.63. The van der Waals surface area contributed by atoms with Crippen LogP contribution in [-0.2, 0) is 0 Å². The molecule has 0 unspecified atom stereocenters. The van der Waals surface area contributed by atoms with Crippen LogP contribution in [0.2, 0.25) is 0 Å². The predicted molar refractivity (Wildman–Crippen MR) is 86.4 cm³/mol. The number of benzene rings is 1. The zero-order valence-corrected chi connectivity index (χ0v) is 12.7. The van der Waals surface area contributed by atoms with Crippen molar-refractivity contribution in [2.45, 2.75) is 19.9 Å². The summed E-state index contributed by atoms with van der Waals surface area (Å²) in [5.41, 5.74) is 6.46. The van der Waals surface area contributed by atoms with Crippen molar-refractivity contribution in [1.29, 1.82) is 0 Å². The third-order valence-corrected chi connectivity index (χ3v) is 2.48. The van der Waals surface area contributed by atoms with Gasteiger partial charge in [0.25, 0.3) is 0 Å². The van der Waals surface area contributed by atoms with Crippen LogP contribution < -0.4 is 26.2 Å². The van der Waals surface area contributed by atoms with Gasteiger partial charge in [-0.15, -0.1) is 0 Å². The lowest BCUT2D eigenvalue weighted by Gasteiger charge is -2.15. The second-order valence-corrected chi connectivity index (χ2v) is 4.88. The van der Waals surface area contributed by atoms with E-state index in [1.54, 1.807) is 7.11 Å². The Morgan fingerprint density at radius 2 is 1.63 bits per heavy atom. The Balaban J connectivity index is 2.36. The molecule has 0 fully saturated rings. The molecule has 0 saturated carbocycles. The van der Waals surface area contributed by atoms with Gasteiger partial charge in [0.05, 0.1) is 7.11 Å². The zero-order chi connectivity index (χ0) is 14.3. The van der Waals surface area contributed by atoms with Crippen molar-refractivity contribution >= 4 is 40.3 Å². The quantitative estimate of drug-likeness (QED) is 0.501. The zero-order valence-electron chi connectivity index (χ0n) is 11.1. The van der Waals surface area contributed by atoms with Gasteiger partial charge in [0.2, 0.25) is 0 Å². The minimum Gasteiger partial charge on any atom is -0.497 e. The topological polar surface area (TPSA) is 57.4 Å². The maximum Gasteiger partial charge on any atom is 0.189 e. The average Bonchev–Trinajstić information content (AvgIpc) is 2.36. The highest BCUT2D eigenvalue weighted by atomic mass is 32.1. The van der Waals surface area contributed by atoms with Crippen LogP contribution in [-0.4, -0.2) is 23.4 Å². The molecule has 0 amide bonds. The first kappa shape index (κ1) is 15.5. The monoisotopic (exact) mass is 298 g/mol. The smallest absolute Gasteiger partial charge is 0.189 e. The van der Waals surface area contributed by atoms with Crippen molar-refractivity contribution in [3.63, 3.8) is 0 Å². The maximum atomic E-state index is 5.13. The van der Waals surface area contributed by atoms with E-state index in [2.05, 4.69) is 21.5 Å². The van der Waals surface area contributed by atoms with E-state index in [9.17, 15) is 0 Å². The van der Waals surface area contributed by atoms with Gasteiger partial charge in [-0.3, -0.25) is 10.9 Å². The average molecular weight is 298 g/mol. The van der Waals surface area contributed by atoms with Gasteiger partial charge >= 0.3 is 0 Å². The predicted octanol–water partition coefficient (Wildman–Crippen LogP) is 1.77. The van der Waals surface area contributed by atoms with Gasteiger partial charge in [-0.2, -0.15) is 0 Å². The number of nitrogens with one attached hydrogen (secondary N) is 4. The molecule has 1 aromatic rings. The number of hydrogen-bond donors (Lipinski definition) is 4. The van der Waals surface area contributed by atoms with Crippen LogP contribution in [0.5, 0.6) is 5.75 Å². The van der Waals surface area contributed by atoms with Gasteiger partial charge in [-0.25, -0.2) is 0 Å². The second kappa shape index (κ2) is 7.75. The summed E-state index contributed by atoms with van der Waals surface area (Å²) in [4.78, 5) is 0. The number of hydrogen-bond acceptors (Lipinski definition) is 3. The number of anilines is 1. The minimum absolute atomic E-state index is 0.268. The molecule has 1 aromatic carbocycles. The van der Waals surface area contributed by atoms with Crippen LogP contribution >= 0.6 is 24.4 Å². The third kappa shape index (κ3) is 6.21. The molecule has 0 saturated heterocycles. The Bertz CT molecular complexity index is 434. The summed E-state index contributed by atoms with van der Waals surface area (Å²) in [5, 5.41) is 6.97. The van der Waals surface area contributed by atoms with Gasteiger partial charge < -0.3 is 15.4 Å².